The number of fused-ring (bicyclic) bond motifs is 1. The molecule has 0 aliphatic carbocycles. The van der Waals surface area contributed by atoms with E-state index >= 15 is 0 Å². The highest BCUT2D eigenvalue weighted by atomic mass is 16.5. The van der Waals surface area contributed by atoms with Crippen LogP contribution >= 0.6 is 0 Å². The normalized spacial score (nSPS) is 24.7. The van der Waals surface area contributed by atoms with E-state index in [-0.39, 0.29) is 6.04 Å². The molecule has 0 saturated carbocycles. The van der Waals surface area contributed by atoms with Crippen molar-refractivity contribution in [3.8, 4) is 0 Å². The molecule has 17 heavy (non-hydrogen) atoms. The molecule has 2 atom stereocenters. The Kier molecular flexibility index (Phi) is 2.20. The molecule has 1 aliphatic rings. The molecule has 0 unspecified atom stereocenters. The third kappa shape index (κ3) is 1.53. The maximum absolute atomic E-state index is 9.67. The minimum atomic E-state index is -0.509. The summed E-state index contributed by atoms with van der Waals surface area (Å²) in [6.07, 6.45) is -0.509. The molecule has 1 saturated heterocycles. The van der Waals surface area contributed by atoms with Gasteiger partial charge in [0.05, 0.1) is 17.2 Å². The summed E-state index contributed by atoms with van der Waals surface area (Å²) in [6, 6.07) is 5.43. The van der Waals surface area contributed by atoms with Gasteiger partial charge in [0.2, 0.25) is 0 Å². The number of rotatable bonds is 1. The average molecular weight is 234 g/mol. The molecule has 1 aromatic carbocycles. The number of aliphatic hydroxyl groups excluding tert-OH is 1. The SMILES string of the molecule is Nc1noc2c(N3C[C@@H](N)[C@H](O)C3)cccc12. The van der Waals surface area contributed by atoms with Gasteiger partial charge in [-0.1, -0.05) is 11.2 Å². The summed E-state index contributed by atoms with van der Waals surface area (Å²) in [4.78, 5) is 1.99. The molecule has 5 N–H and O–H groups in total. The van der Waals surface area contributed by atoms with Crippen molar-refractivity contribution in [2.75, 3.05) is 23.7 Å². The molecule has 1 aromatic heterocycles. The third-order valence-corrected chi connectivity index (χ3v) is 3.18. The quantitative estimate of drug-likeness (QED) is 0.638. The van der Waals surface area contributed by atoms with Gasteiger partial charge >= 0.3 is 0 Å². The van der Waals surface area contributed by atoms with E-state index in [1.807, 2.05) is 23.1 Å². The van der Waals surface area contributed by atoms with Gasteiger partial charge in [-0.15, -0.1) is 0 Å². The predicted octanol–water partition coefficient (Wildman–Crippen LogP) is -0.0818. The maximum Gasteiger partial charge on any atom is 0.192 e. The van der Waals surface area contributed by atoms with Crippen molar-refractivity contribution >= 4 is 22.5 Å². The third-order valence-electron chi connectivity index (χ3n) is 3.18. The van der Waals surface area contributed by atoms with Crippen molar-refractivity contribution in [3.63, 3.8) is 0 Å². The summed E-state index contributed by atoms with van der Waals surface area (Å²) in [7, 11) is 0. The van der Waals surface area contributed by atoms with E-state index in [0.29, 0.717) is 24.5 Å². The van der Waals surface area contributed by atoms with E-state index in [1.54, 1.807) is 0 Å². The number of benzene rings is 1. The molecule has 1 fully saturated rings. The van der Waals surface area contributed by atoms with Gasteiger partial charge in [0, 0.05) is 19.1 Å². The van der Waals surface area contributed by atoms with Gasteiger partial charge in [-0.2, -0.15) is 0 Å². The molecule has 90 valence electrons. The summed E-state index contributed by atoms with van der Waals surface area (Å²) >= 11 is 0. The molecule has 6 nitrogen and oxygen atoms in total. The van der Waals surface area contributed by atoms with Gasteiger partial charge in [0.15, 0.2) is 11.4 Å². The monoisotopic (exact) mass is 234 g/mol. The molecular formula is C11H14N4O2. The fourth-order valence-electron chi connectivity index (χ4n) is 2.22. The highest BCUT2D eigenvalue weighted by Gasteiger charge is 2.30. The Balaban J connectivity index is 2.06. The number of nitrogens with two attached hydrogens (primary N) is 2. The lowest BCUT2D eigenvalue weighted by Gasteiger charge is -2.17. The first-order valence-corrected chi connectivity index (χ1v) is 5.49. The molecule has 2 aromatic rings. The van der Waals surface area contributed by atoms with Gasteiger partial charge in [-0.05, 0) is 12.1 Å². The van der Waals surface area contributed by atoms with E-state index in [4.69, 9.17) is 16.0 Å². The van der Waals surface area contributed by atoms with Crippen LogP contribution in [0.2, 0.25) is 0 Å². The van der Waals surface area contributed by atoms with Crippen molar-refractivity contribution in [2.24, 2.45) is 5.73 Å². The van der Waals surface area contributed by atoms with E-state index in [9.17, 15) is 5.11 Å². The number of aromatic nitrogens is 1. The van der Waals surface area contributed by atoms with Crippen LogP contribution in [0, 0.1) is 0 Å². The number of hydrogen-bond donors (Lipinski definition) is 3. The number of hydrogen-bond acceptors (Lipinski definition) is 6. The second kappa shape index (κ2) is 3.61. The zero-order valence-electron chi connectivity index (χ0n) is 9.21. The number of nitrogens with zero attached hydrogens (tertiary/aromatic N) is 2. The Labute approximate surface area is 97.8 Å². The number of para-hydroxylation sites is 1. The number of β-amino-alcohol motifs (C(OH)–C–C–N with tert-alkyl or cyclic N) is 1. The maximum atomic E-state index is 9.67. The predicted molar refractivity (Wildman–Crippen MR) is 64.6 cm³/mol. The first kappa shape index (κ1) is 10.4. The van der Waals surface area contributed by atoms with Crippen LogP contribution in [0.1, 0.15) is 0 Å². The topological polar surface area (TPSA) is 102 Å². The minimum Gasteiger partial charge on any atom is -0.390 e. The highest BCUT2D eigenvalue weighted by molar-refractivity contribution is 5.95. The summed E-state index contributed by atoms with van der Waals surface area (Å²) in [5.74, 6) is 0.380. The highest BCUT2D eigenvalue weighted by Crippen LogP contribution is 2.31. The number of aliphatic hydroxyl groups is 1. The van der Waals surface area contributed by atoms with E-state index in [0.717, 1.165) is 11.1 Å². The molecule has 0 spiro atoms. The van der Waals surface area contributed by atoms with Crippen LogP contribution in [0.25, 0.3) is 11.0 Å². The van der Waals surface area contributed by atoms with Crippen LogP contribution in [0.15, 0.2) is 22.7 Å². The molecule has 0 radical (unpaired) electrons. The molecule has 0 amide bonds. The Hall–Kier alpha value is -1.79. The summed E-state index contributed by atoms with van der Waals surface area (Å²) in [6.45, 7) is 1.10. The molecule has 1 aliphatic heterocycles. The lowest BCUT2D eigenvalue weighted by molar-refractivity contribution is 0.180. The number of anilines is 2. The van der Waals surface area contributed by atoms with Gasteiger partial charge < -0.3 is 26.0 Å². The second-order valence-electron chi connectivity index (χ2n) is 4.36. The largest absolute Gasteiger partial charge is 0.390 e. The molecule has 3 rings (SSSR count). The van der Waals surface area contributed by atoms with Crippen LogP contribution in [0.4, 0.5) is 11.5 Å². The Bertz CT molecular complexity index is 543. The van der Waals surface area contributed by atoms with E-state index in [1.165, 1.54) is 0 Å². The van der Waals surface area contributed by atoms with Crippen molar-refractivity contribution < 1.29 is 9.63 Å². The summed E-state index contributed by atoms with van der Waals surface area (Å²) in [5, 5.41) is 14.2. The van der Waals surface area contributed by atoms with Crippen molar-refractivity contribution in [2.45, 2.75) is 12.1 Å². The zero-order chi connectivity index (χ0) is 12.0. The lowest BCUT2D eigenvalue weighted by atomic mass is 10.2. The van der Waals surface area contributed by atoms with Gasteiger partial charge in [0.1, 0.15) is 0 Å². The second-order valence-corrected chi connectivity index (χ2v) is 4.36. The van der Waals surface area contributed by atoms with Crippen molar-refractivity contribution in [3.05, 3.63) is 18.2 Å². The minimum absolute atomic E-state index is 0.231. The molecule has 6 heteroatoms. The molecule has 0 bridgehead atoms. The van der Waals surface area contributed by atoms with Gasteiger partial charge in [0.25, 0.3) is 0 Å². The van der Waals surface area contributed by atoms with E-state index < -0.39 is 6.10 Å². The Morgan fingerprint density at radius 3 is 2.94 bits per heavy atom. The molecule has 2 heterocycles. The average Bonchev–Trinajstić information content (AvgIpc) is 2.84. The smallest absolute Gasteiger partial charge is 0.192 e. The van der Waals surface area contributed by atoms with Crippen LogP contribution in [-0.2, 0) is 0 Å². The zero-order valence-corrected chi connectivity index (χ0v) is 9.21. The van der Waals surface area contributed by atoms with Crippen molar-refractivity contribution in [1.29, 1.82) is 0 Å². The van der Waals surface area contributed by atoms with E-state index in [2.05, 4.69) is 5.16 Å². The van der Waals surface area contributed by atoms with Crippen LogP contribution in [0.5, 0.6) is 0 Å². The van der Waals surface area contributed by atoms with Gasteiger partial charge in [-0.25, -0.2) is 0 Å². The lowest BCUT2D eigenvalue weighted by Crippen LogP contribution is -2.32. The van der Waals surface area contributed by atoms with Gasteiger partial charge in [-0.3, -0.25) is 0 Å². The first-order chi connectivity index (χ1) is 8.16. The molecular weight excluding hydrogens is 220 g/mol. The van der Waals surface area contributed by atoms with Crippen LogP contribution < -0.4 is 16.4 Å². The fraction of sp³-hybridized carbons (Fsp3) is 0.364. The Morgan fingerprint density at radius 2 is 2.24 bits per heavy atom. The van der Waals surface area contributed by atoms with Crippen LogP contribution in [0.3, 0.4) is 0 Å². The fourth-order valence-corrected chi connectivity index (χ4v) is 2.22. The summed E-state index contributed by atoms with van der Waals surface area (Å²) < 4.78 is 5.22. The summed E-state index contributed by atoms with van der Waals surface area (Å²) in [5.41, 5.74) is 13.0. The number of nitrogen functional groups attached to an aromatic ring is 1. The first-order valence-electron chi connectivity index (χ1n) is 5.49. The standard InChI is InChI=1S/C11H14N4O2/c12-7-4-15(5-9(7)16)8-3-1-2-6-10(8)17-14-11(6)13/h1-3,7,9,16H,4-5,12H2,(H2,13,14)/t7-,9-/m1/s1. The van der Waals surface area contributed by atoms with Crippen molar-refractivity contribution in [1.82, 2.24) is 5.16 Å². The Morgan fingerprint density at radius 1 is 1.41 bits per heavy atom. The van der Waals surface area contributed by atoms with Crippen LogP contribution in [-0.4, -0.2) is 35.5 Å².